The highest BCUT2D eigenvalue weighted by Gasteiger charge is 2.35. The second-order valence-electron chi connectivity index (χ2n) is 7.81. The van der Waals surface area contributed by atoms with Crippen molar-refractivity contribution in [3.8, 4) is 11.5 Å². The molecule has 0 saturated carbocycles. The fourth-order valence-corrected chi connectivity index (χ4v) is 2.76. The van der Waals surface area contributed by atoms with Crippen LogP contribution in [0.3, 0.4) is 0 Å². The monoisotopic (exact) mass is 460 g/mol. The highest BCUT2D eigenvalue weighted by atomic mass is 19.4. The van der Waals surface area contributed by atoms with E-state index in [1.54, 1.807) is 48.5 Å². The predicted molar refractivity (Wildman–Crippen MR) is 123 cm³/mol. The number of nitrogens with zero attached hydrogens (tertiary/aromatic N) is 2. The fraction of sp³-hybridized carbons (Fsp3) is 0.333. The molecular formula is C24H27F3N4O2. The molecule has 9 heteroatoms. The largest absolute Gasteiger partial charge is 0.494 e. The summed E-state index contributed by atoms with van der Waals surface area (Å²) in [6.07, 6.45) is -2.96. The van der Waals surface area contributed by atoms with E-state index in [1.807, 2.05) is 20.8 Å². The molecular weight excluding hydrogens is 433 g/mol. The van der Waals surface area contributed by atoms with E-state index in [-0.39, 0.29) is 11.8 Å². The summed E-state index contributed by atoms with van der Waals surface area (Å²) in [6.45, 7) is 7.23. The lowest BCUT2D eigenvalue weighted by molar-refractivity contribution is -0.137. The summed E-state index contributed by atoms with van der Waals surface area (Å²) >= 11 is 0. The second-order valence-corrected chi connectivity index (χ2v) is 7.81. The van der Waals surface area contributed by atoms with Gasteiger partial charge in [-0.25, -0.2) is 4.98 Å². The minimum absolute atomic E-state index is 0.0320. The van der Waals surface area contributed by atoms with E-state index in [9.17, 15) is 13.2 Å². The van der Waals surface area contributed by atoms with E-state index in [1.165, 1.54) is 0 Å². The third-order valence-corrected chi connectivity index (χ3v) is 4.38. The maximum Gasteiger partial charge on any atom is 0.421 e. The topological polar surface area (TPSA) is 68.3 Å². The van der Waals surface area contributed by atoms with Crippen molar-refractivity contribution in [3.63, 3.8) is 0 Å². The Balaban J connectivity index is 1.77. The maximum atomic E-state index is 13.5. The van der Waals surface area contributed by atoms with Crippen LogP contribution in [-0.2, 0) is 6.18 Å². The Bertz CT molecular complexity index is 1020. The molecule has 3 rings (SSSR count). The number of rotatable bonds is 10. The SMILES string of the molecule is CCCOc1ccc(Nc2ncc(C(F)(F)F)c(Nc3ccc(OCC(C)C)cc3)n2)cc1. The quantitative estimate of drug-likeness (QED) is 0.347. The van der Waals surface area contributed by atoms with Crippen LogP contribution < -0.4 is 20.1 Å². The molecule has 33 heavy (non-hydrogen) atoms. The number of halogens is 3. The minimum Gasteiger partial charge on any atom is -0.494 e. The van der Waals surface area contributed by atoms with Gasteiger partial charge in [0.25, 0.3) is 0 Å². The molecule has 0 bridgehead atoms. The number of aromatic nitrogens is 2. The molecule has 176 valence electrons. The van der Waals surface area contributed by atoms with Gasteiger partial charge in [-0.3, -0.25) is 0 Å². The van der Waals surface area contributed by atoms with E-state index in [0.29, 0.717) is 42.0 Å². The van der Waals surface area contributed by atoms with Gasteiger partial charge in [-0.05, 0) is 60.9 Å². The Labute approximate surface area is 191 Å². The molecule has 0 aliphatic heterocycles. The second kappa shape index (κ2) is 10.9. The number of ether oxygens (including phenoxy) is 2. The number of alkyl halides is 3. The Morgan fingerprint density at radius 3 is 2.00 bits per heavy atom. The van der Waals surface area contributed by atoms with Crippen LogP contribution in [0.5, 0.6) is 11.5 Å². The van der Waals surface area contributed by atoms with Crippen LogP contribution in [0.4, 0.5) is 36.3 Å². The Morgan fingerprint density at radius 2 is 1.45 bits per heavy atom. The normalized spacial score (nSPS) is 11.4. The van der Waals surface area contributed by atoms with Crippen LogP contribution in [-0.4, -0.2) is 23.2 Å². The zero-order valence-electron chi connectivity index (χ0n) is 18.7. The number of anilines is 4. The maximum absolute atomic E-state index is 13.5. The van der Waals surface area contributed by atoms with E-state index in [4.69, 9.17) is 9.47 Å². The molecule has 0 spiro atoms. The van der Waals surface area contributed by atoms with Crippen molar-refractivity contribution in [2.24, 2.45) is 5.92 Å². The average Bonchev–Trinajstić information content (AvgIpc) is 2.77. The zero-order chi connectivity index (χ0) is 23.8. The first-order valence-corrected chi connectivity index (χ1v) is 10.7. The Morgan fingerprint density at radius 1 is 0.879 bits per heavy atom. The van der Waals surface area contributed by atoms with E-state index in [0.717, 1.165) is 12.6 Å². The van der Waals surface area contributed by atoms with Crippen molar-refractivity contribution in [2.45, 2.75) is 33.4 Å². The van der Waals surface area contributed by atoms with Gasteiger partial charge in [0, 0.05) is 17.6 Å². The first-order valence-electron chi connectivity index (χ1n) is 10.7. The minimum atomic E-state index is -4.61. The molecule has 1 heterocycles. The van der Waals surface area contributed by atoms with Crippen molar-refractivity contribution in [1.29, 1.82) is 0 Å². The third-order valence-electron chi connectivity index (χ3n) is 4.38. The molecule has 0 aliphatic rings. The van der Waals surface area contributed by atoms with Gasteiger partial charge < -0.3 is 20.1 Å². The summed E-state index contributed by atoms with van der Waals surface area (Å²) in [5, 5.41) is 5.67. The lowest BCUT2D eigenvalue weighted by atomic mass is 10.2. The lowest BCUT2D eigenvalue weighted by Crippen LogP contribution is -2.12. The van der Waals surface area contributed by atoms with Crippen molar-refractivity contribution < 1.29 is 22.6 Å². The number of nitrogens with one attached hydrogen (secondary N) is 2. The van der Waals surface area contributed by atoms with Gasteiger partial charge in [-0.1, -0.05) is 20.8 Å². The number of hydrogen-bond donors (Lipinski definition) is 2. The first kappa shape index (κ1) is 24.2. The van der Waals surface area contributed by atoms with Gasteiger partial charge in [0.1, 0.15) is 22.9 Å². The van der Waals surface area contributed by atoms with E-state index in [2.05, 4.69) is 20.6 Å². The van der Waals surface area contributed by atoms with Gasteiger partial charge in [-0.15, -0.1) is 0 Å². The van der Waals surface area contributed by atoms with Crippen molar-refractivity contribution in [1.82, 2.24) is 9.97 Å². The average molecular weight is 461 g/mol. The number of hydrogen-bond acceptors (Lipinski definition) is 6. The van der Waals surface area contributed by atoms with Crippen LogP contribution in [0.15, 0.2) is 54.7 Å². The molecule has 2 N–H and O–H groups in total. The first-order chi connectivity index (χ1) is 15.7. The van der Waals surface area contributed by atoms with Crippen LogP contribution in [0.25, 0.3) is 0 Å². The molecule has 1 aromatic heterocycles. The highest BCUT2D eigenvalue weighted by Crippen LogP contribution is 2.35. The fourth-order valence-electron chi connectivity index (χ4n) is 2.76. The lowest BCUT2D eigenvalue weighted by Gasteiger charge is -2.15. The van der Waals surface area contributed by atoms with E-state index < -0.39 is 11.7 Å². The van der Waals surface area contributed by atoms with Crippen molar-refractivity contribution >= 4 is 23.1 Å². The van der Waals surface area contributed by atoms with Gasteiger partial charge in [0.05, 0.1) is 13.2 Å². The summed E-state index contributed by atoms with van der Waals surface area (Å²) in [6, 6.07) is 13.7. The predicted octanol–water partition coefficient (Wildman–Crippen LogP) is 6.81. The van der Waals surface area contributed by atoms with Crippen LogP contribution in [0, 0.1) is 5.92 Å². The molecule has 0 aliphatic carbocycles. The van der Waals surface area contributed by atoms with Gasteiger partial charge in [-0.2, -0.15) is 18.2 Å². The standard InChI is InChI=1S/C24H27F3N4O2/c1-4-13-32-19-9-7-18(8-10-19)30-23-28-14-21(24(25,26)27)22(31-23)29-17-5-11-20(12-6-17)33-15-16(2)3/h5-12,14,16H,4,13,15H2,1-3H3,(H2,28,29,30,31). The summed E-state index contributed by atoms with van der Waals surface area (Å²) in [7, 11) is 0. The molecule has 0 radical (unpaired) electrons. The van der Waals surface area contributed by atoms with Crippen LogP contribution in [0.2, 0.25) is 0 Å². The van der Waals surface area contributed by atoms with Crippen LogP contribution >= 0.6 is 0 Å². The third kappa shape index (κ3) is 7.27. The smallest absolute Gasteiger partial charge is 0.421 e. The summed E-state index contributed by atoms with van der Waals surface area (Å²) < 4.78 is 51.7. The van der Waals surface area contributed by atoms with E-state index >= 15 is 0 Å². The zero-order valence-corrected chi connectivity index (χ0v) is 18.7. The van der Waals surface area contributed by atoms with Crippen LogP contribution in [0.1, 0.15) is 32.8 Å². The summed E-state index contributed by atoms with van der Waals surface area (Å²) in [5.74, 6) is 1.40. The van der Waals surface area contributed by atoms with Crippen molar-refractivity contribution in [2.75, 3.05) is 23.8 Å². The number of benzene rings is 2. The Hall–Kier alpha value is -3.49. The summed E-state index contributed by atoms with van der Waals surface area (Å²) in [5.41, 5.74) is 0.104. The molecule has 2 aromatic carbocycles. The Kier molecular flexibility index (Phi) is 7.97. The molecule has 0 atom stereocenters. The molecule has 3 aromatic rings. The molecule has 0 unspecified atom stereocenters. The molecule has 6 nitrogen and oxygen atoms in total. The highest BCUT2D eigenvalue weighted by molar-refractivity contribution is 5.63. The van der Waals surface area contributed by atoms with Gasteiger partial charge in [0.15, 0.2) is 0 Å². The van der Waals surface area contributed by atoms with Gasteiger partial charge in [0.2, 0.25) is 5.95 Å². The van der Waals surface area contributed by atoms with Gasteiger partial charge >= 0.3 is 6.18 Å². The summed E-state index contributed by atoms with van der Waals surface area (Å²) in [4.78, 5) is 7.90. The molecule has 0 amide bonds. The molecule has 0 fully saturated rings. The molecule has 0 saturated heterocycles. The van der Waals surface area contributed by atoms with Crippen molar-refractivity contribution in [3.05, 3.63) is 60.3 Å².